The molecule has 10 heavy (non-hydrogen) atoms. The quantitative estimate of drug-likeness (QED) is 0.581. The van der Waals surface area contributed by atoms with E-state index in [9.17, 15) is 4.79 Å². The van der Waals surface area contributed by atoms with Crippen LogP contribution in [0.2, 0.25) is 0 Å². The molecule has 0 aromatic rings. The lowest BCUT2D eigenvalue weighted by atomic mass is 9.92. The third kappa shape index (κ3) is 2.51. The van der Waals surface area contributed by atoms with Crippen LogP contribution in [0.5, 0.6) is 0 Å². The molecule has 4 radical (unpaired) electrons. The molecule has 0 rings (SSSR count). The van der Waals surface area contributed by atoms with Crippen LogP contribution in [-0.2, 0) is 4.79 Å². The van der Waals surface area contributed by atoms with E-state index in [2.05, 4.69) is 0 Å². The molecule has 0 saturated carbocycles. The van der Waals surface area contributed by atoms with E-state index >= 15 is 0 Å². The van der Waals surface area contributed by atoms with Crippen molar-refractivity contribution in [3.05, 3.63) is 13.8 Å². The minimum absolute atomic E-state index is 0.0231. The van der Waals surface area contributed by atoms with Gasteiger partial charge in [0.25, 0.3) is 0 Å². The van der Waals surface area contributed by atoms with Crippen molar-refractivity contribution in [2.45, 2.75) is 26.7 Å². The Kier molecular flexibility index (Phi) is 4.33. The zero-order valence-electron chi connectivity index (χ0n) is 6.63. The highest BCUT2D eigenvalue weighted by Gasteiger charge is 2.16. The maximum atomic E-state index is 11.1. The van der Waals surface area contributed by atoms with Crippen molar-refractivity contribution in [3.8, 4) is 0 Å². The van der Waals surface area contributed by atoms with Crippen LogP contribution in [0.25, 0.3) is 0 Å². The second-order valence-electron chi connectivity index (χ2n) is 2.43. The fourth-order valence-electron chi connectivity index (χ4n) is 0.677. The van der Waals surface area contributed by atoms with Gasteiger partial charge < -0.3 is 0 Å². The third-order valence-electron chi connectivity index (χ3n) is 1.61. The molecule has 1 heteroatoms. The molecule has 0 saturated heterocycles. The van der Waals surface area contributed by atoms with Gasteiger partial charge in [-0.05, 0) is 26.7 Å². The molecule has 2 atom stereocenters. The van der Waals surface area contributed by atoms with E-state index in [0.29, 0.717) is 12.8 Å². The molecular formula is C9H14O. The van der Waals surface area contributed by atoms with Gasteiger partial charge in [-0.3, -0.25) is 4.79 Å². The van der Waals surface area contributed by atoms with Crippen molar-refractivity contribution in [1.29, 1.82) is 0 Å². The van der Waals surface area contributed by atoms with Gasteiger partial charge in [0.1, 0.15) is 5.78 Å². The average Bonchev–Trinajstić information content (AvgIpc) is 2.00. The molecular weight excluding hydrogens is 124 g/mol. The van der Waals surface area contributed by atoms with E-state index in [1.165, 1.54) is 0 Å². The number of ketones is 1. The molecule has 0 heterocycles. The molecule has 0 aliphatic carbocycles. The molecule has 0 bridgehead atoms. The number of Topliss-reactive ketones (excluding diaryl/α,β-unsaturated/α-hetero) is 1. The first-order chi connectivity index (χ1) is 4.63. The Balaban J connectivity index is 3.82. The van der Waals surface area contributed by atoms with Gasteiger partial charge in [-0.1, -0.05) is 13.8 Å². The summed E-state index contributed by atoms with van der Waals surface area (Å²) in [5.74, 6) is -0.755. The van der Waals surface area contributed by atoms with Gasteiger partial charge in [-0.15, -0.1) is 0 Å². The topological polar surface area (TPSA) is 17.1 Å². The van der Waals surface area contributed by atoms with Crippen LogP contribution in [-0.4, -0.2) is 5.78 Å². The molecule has 2 unspecified atom stereocenters. The lowest BCUT2D eigenvalue weighted by Crippen LogP contribution is -2.18. The molecule has 0 spiro atoms. The number of carbonyl (C=O) groups is 1. The van der Waals surface area contributed by atoms with Gasteiger partial charge >= 0.3 is 0 Å². The second-order valence-corrected chi connectivity index (χ2v) is 2.43. The molecule has 56 valence electrons. The third-order valence-corrected chi connectivity index (χ3v) is 1.61. The lowest BCUT2D eigenvalue weighted by molar-refractivity contribution is -0.124. The van der Waals surface area contributed by atoms with E-state index in [0.717, 1.165) is 0 Å². The van der Waals surface area contributed by atoms with Gasteiger partial charge in [0.05, 0.1) is 0 Å². The average molecular weight is 138 g/mol. The zero-order valence-corrected chi connectivity index (χ0v) is 6.63. The van der Waals surface area contributed by atoms with Crippen molar-refractivity contribution >= 4 is 5.78 Å². The minimum atomic E-state index is -0.366. The fraction of sp³-hybridized carbons (Fsp3) is 0.667. The van der Waals surface area contributed by atoms with Gasteiger partial charge in [0.15, 0.2) is 0 Å². The van der Waals surface area contributed by atoms with Crippen LogP contribution in [0.4, 0.5) is 0 Å². The van der Waals surface area contributed by atoms with Gasteiger partial charge in [-0.25, -0.2) is 0 Å². The lowest BCUT2D eigenvalue weighted by Gasteiger charge is -2.11. The summed E-state index contributed by atoms with van der Waals surface area (Å²) in [6.07, 6.45) is 1.35. The van der Waals surface area contributed by atoms with Crippen molar-refractivity contribution < 1.29 is 4.79 Å². The molecule has 0 aliphatic heterocycles. The summed E-state index contributed by atoms with van der Waals surface area (Å²) in [6.45, 7) is 14.7. The number of hydrogen-bond acceptors (Lipinski definition) is 1. The number of carbonyl (C=O) groups excluding carboxylic acids is 1. The zero-order chi connectivity index (χ0) is 8.15. The molecule has 0 aliphatic rings. The predicted molar refractivity (Wildman–Crippen MR) is 41.2 cm³/mol. The largest absolute Gasteiger partial charge is 0.299 e. The van der Waals surface area contributed by atoms with Crippen molar-refractivity contribution in [2.75, 3.05) is 0 Å². The Labute approximate surface area is 63.8 Å². The van der Waals surface area contributed by atoms with Crippen molar-refractivity contribution in [1.82, 2.24) is 0 Å². The maximum absolute atomic E-state index is 11.1. The van der Waals surface area contributed by atoms with Crippen LogP contribution in [0, 0.1) is 25.7 Å². The van der Waals surface area contributed by atoms with Crippen LogP contribution < -0.4 is 0 Å². The SMILES string of the molecule is [CH]C(CC)C(=O)C([CH])CC. The Morgan fingerprint density at radius 3 is 1.70 bits per heavy atom. The first kappa shape index (κ1) is 9.67. The second kappa shape index (κ2) is 4.48. The van der Waals surface area contributed by atoms with Crippen LogP contribution in [0.1, 0.15) is 26.7 Å². The minimum Gasteiger partial charge on any atom is -0.299 e. The van der Waals surface area contributed by atoms with Crippen molar-refractivity contribution in [3.63, 3.8) is 0 Å². The first-order valence-corrected chi connectivity index (χ1v) is 3.68. The molecule has 0 N–H and O–H groups in total. The number of rotatable bonds is 4. The van der Waals surface area contributed by atoms with Gasteiger partial charge in [0, 0.05) is 11.8 Å². The Morgan fingerprint density at radius 2 is 1.50 bits per heavy atom. The van der Waals surface area contributed by atoms with E-state index < -0.39 is 0 Å². The first-order valence-electron chi connectivity index (χ1n) is 3.68. The summed E-state index contributed by atoms with van der Waals surface area (Å²) in [4.78, 5) is 11.1. The van der Waals surface area contributed by atoms with Gasteiger partial charge in [0.2, 0.25) is 0 Å². The highest BCUT2D eigenvalue weighted by molar-refractivity contribution is 5.84. The predicted octanol–water partition coefficient (Wildman–Crippen LogP) is 2.03. The monoisotopic (exact) mass is 138 g/mol. The van der Waals surface area contributed by atoms with Crippen LogP contribution in [0.3, 0.4) is 0 Å². The van der Waals surface area contributed by atoms with E-state index in [4.69, 9.17) is 13.8 Å². The Morgan fingerprint density at radius 1 is 1.20 bits per heavy atom. The summed E-state index contributed by atoms with van der Waals surface area (Å²) in [5, 5.41) is 0. The summed E-state index contributed by atoms with van der Waals surface area (Å²) < 4.78 is 0. The molecule has 0 aromatic heterocycles. The van der Waals surface area contributed by atoms with Crippen LogP contribution in [0.15, 0.2) is 0 Å². The highest BCUT2D eigenvalue weighted by Crippen LogP contribution is 2.11. The molecule has 0 fully saturated rings. The number of hydrogen-bond donors (Lipinski definition) is 0. The van der Waals surface area contributed by atoms with E-state index in [-0.39, 0.29) is 17.6 Å². The normalized spacial score (nSPS) is 16.4. The standard InChI is InChI=1S/C9H14O/c1-5-7(3)9(10)8(4)6-2/h3-4,7-8H,5-6H2,1-2H3. The summed E-state index contributed by atoms with van der Waals surface area (Å²) in [7, 11) is 0. The summed E-state index contributed by atoms with van der Waals surface area (Å²) in [5.41, 5.74) is 0. The maximum Gasteiger partial charge on any atom is 0.139 e. The molecule has 1 nitrogen and oxygen atoms in total. The Hall–Kier alpha value is -0.330. The van der Waals surface area contributed by atoms with Crippen LogP contribution >= 0.6 is 0 Å². The summed E-state index contributed by atoms with van der Waals surface area (Å²) >= 11 is 0. The molecule has 0 amide bonds. The van der Waals surface area contributed by atoms with Gasteiger partial charge in [-0.2, -0.15) is 0 Å². The van der Waals surface area contributed by atoms with E-state index in [1.54, 1.807) is 0 Å². The molecule has 0 aromatic carbocycles. The fourth-order valence-corrected chi connectivity index (χ4v) is 0.677. The highest BCUT2D eigenvalue weighted by atomic mass is 16.1. The smallest absolute Gasteiger partial charge is 0.139 e. The summed E-state index contributed by atoms with van der Waals surface area (Å²) in [6, 6.07) is 0. The Bertz CT molecular complexity index is 95.3. The van der Waals surface area contributed by atoms with Crippen molar-refractivity contribution in [2.24, 2.45) is 11.8 Å². The van der Waals surface area contributed by atoms with E-state index in [1.807, 2.05) is 13.8 Å².